The number of hydrogen-bond donors (Lipinski definition) is 1. The van der Waals surface area contributed by atoms with Crippen LogP contribution in [-0.4, -0.2) is 31.4 Å². The Hall–Kier alpha value is -5.58. The topological polar surface area (TPSA) is 148 Å². The first-order valence-corrected chi connectivity index (χ1v) is 11.0. The first-order chi connectivity index (χ1) is 18.5. The number of non-ortho nitro benzene ring substituents is 1. The Balaban J connectivity index is 1.63. The molecule has 4 aromatic rings. The van der Waals surface area contributed by atoms with E-state index in [0.29, 0.717) is 22.1 Å². The monoisotopic (exact) mass is 535 g/mol. The molecule has 1 amide bonds. The Morgan fingerprint density at radius 1 is 1.15 bits per heavy atom. The van der Waals surface area contributed by atoms with E-state index in [1.54, 1.807) is 29.0 Å². The molecule has 11 nitrogen and oxygen atoms in total. The fourth-order valence-corrected chi connectivity index (χ4v) is 3.62. The lowest BCUT2D eigenvalue weighted by atomic mass is 10.1. The number of halogens is 3. The summed E-state index contributed by atoms with van der Waals surface area (Å²) in [5, 5.41) is 28.1. The normalized spacial score (nSPS) is 11.4. The van der Waals surface area contributed by atoms with Crippen LogP contribution < -0.4 is 11.0 Å². The number of aromatic nitrogens is 3. The van der Waals surface area contributed by atoms with Crippen LogP contribution in [0.25, 0.3) is 11.4 Å². The number of nitrogens with one attached hydrogen (secondary N) is 1. The molecule has 0 fully saturated rings. The number of carbonyl (C=O) groups excluding carboxylic acids is 1. The zero-order valence-corrected chi connectivity index (χ0v) is 19.9. The molecule has 1 N–H and O–H groups in total. The average molecular weight is 535 g/mol. The predicted molar refractivity (Wildman–Crippen MR) is 132 cm³/mol. The summed E-state index contributed by atoms with van der Waals surface area (Å²) in [6.07, 6.45) is -1.74. The molecule has 0 radical (unpaired) electrons. The number of alkyl halides is 3. The van der Waals surface area contributed by atoms with Crippen molar-refractivity contribution in [1.82, 2.24) is 19.8 Å². The highest BCUT2D eigenvalue weighted by molar-refractivity contribution is 5.94. The Morgan fingerprint density at radius 3 is 2.51 bits per heavy atom. The molecule has 0 bridgehead atoms. The second-order valence-electron chi connectivity index (χ2n) is 8.00. The van der Waals surface area contributed by atoms with E-state index in [1.807, 2.05) is 0 Å². The zero-order valence-electron chi connectivity index (χ0n) is 19.9. The maximum absolute atomic E-state index is 13.2. The molecule has 14 heteroatoms. The van der Waals surface area contributed by atoms with Gasteiger partial charge in [-0.15, -0.1) is 0 Å². The van der Waals surface area contributed by atoms with Gasteiger partial charge in [-0.25, -0.2) is 5.43 Å². The van der Waals surface area contributed by atoms with Crippen LogP contribution in [0.3, 0.4) is 0 Å². The van der Waals surface area contributed by atoms with E-state index in [0.717, 1.165) is 12.1 Å². The summed E-state index contributed by atoms with van der Waals surface area (Å²) in [5.41, 5.74) is -0.0468. The number of nitro groups is 1. The third-order valence-electron chi connectivity index (χ3n) is 5.56. The van der Waals surface area contributed by atoms with Crippen molar-refractivity contribution in [1.29, 1.82) is 5.26 Å². The molecule has 0 spiro atoms. The largest absolute Gasteiger partial charge is 0.416 e. The molecular formula is C25H16F3N7O4. The first kappa shape index (κ1) is 26.5. The Morgan fingerprint density at radius 2 is 1.87 bits per heavy atom. The Bertz CT molecular complexity index is 1720. The molecule has 39 heavy (non-hydrogen) atoms. The summed E-state index contributed by atoms with van der Waals surface area (Å²) in [7, 11) is 0. The summed E-state index contributed by atoms with van der Waals surface area (Å²) in [5.74, 6) is -0.922. The zero-order chi connectivity index (χ0) is 28.3. The lowest BCUT2D eigenvalue weighted by Gasteiger charge is -2.12. The number of nitro benzene ring substituents is 1. The molecule has 0 aliphatic rings. The van der Waals surface area contributed by atoms with Crippen LogP contribution in [0.15, 0.2) is 76.8 Å². The highest BCUT2D eigenvalue weighted by Crippen LogP contribution is 2.30. The quantitative estimate of drug-likeness (QED) is 0.225. The standard InChI is InChI=1S/C25H16F3N7O4/c1-15-21(13-29)24(37)34(19-5-2-4-16(12-19)25(26,27)28)32-22(15)23(36)31-30-14-20-6-3-11-33(20)17-7-9-18(10-8-17)35(38)39/h2-12,14H,1H3,(H,31,36)/b30-14-. The van der Waals surface area contributed by atoms with Crippen molar-refractivity contribution in [2.24, 2.45) is 5.10 Å². The van der Waals surface area contributed by atoms with Gasteiger partial charge in [0.05, 0.1) is 28.1 Å². The lowest BCUT2D eigenvalue weighted by Crippen LogP contribution is -2.31. The van der Waals surface area contributed by atoms with Crippen LogP contribution in [0.1, 0.15) is 32.9 Å². The summed E-state index contributed by atoms with van der Waals surface area (Å²) in [6, 6.07) is 14.5. The SMILES string of the molecule is Cc1c(C(=O)N/N=C\c2cccn2-c2ccc([N+](=O)[O-])cc2)nn(-c2cccc(C(F)(F)F)c2)c(=O)c1C#N. The van der Waals surface area contributed by atoms with Crippen LogP contribution in [0, 0.1) is 28.4 Å². The van der Waals surface area contributed by atoms with E-state index in [9.17, 15) is 38.1 Å². The van der Waals surface area contributed by atoms with Crippen molar-refractivity contribution in [3.05, 3.63) is 115 Å². The fourth-order valence-electron chi connectivity index (χ4n) is 3.62. The van der Waals surface area contributed by atoms with Crippen molar-refractivity contribution >= 4 is 17.8 Å². The highest BCUT2D eigenvalue weighted by Gasteiger charge is 2.31. The maximum Gasteiger partial charge on any atom is 0.416 e. The van der Waals surface area contributed by atoms with Gasteiger partial charge >= 0.3 is 6.18 Å². The van der Waals surface area contributed by atoms with E-state index >= 15 is 0 Å². The number of hydrazone groups is 1. The molecule has 2 aromatic heterocycles. The molecular weight excluding hydrogens is 519 g/mol. The Labute approximate surface area is 217 Å². The number of nitriles is 1. The number of carbonyl (C=O) groups is 1. The maximum atomic E-state index is 13.2. The van der Waals surface area contributed by atoms with Gasteiger partial charge in [0.15, 0.2) is 5.69 Å². The number of rotatable bonds is 6. The second-order valence-corrected chi connectivity index (χ2v) is 8.00. The smallest absolute Gasteiger partial charge is 0.316 e. The minimum atomic E-state index is -4.69. The summed E-state index contributed by atoms with van der Waals surface area (Å²) >= 11 is 0. The van der Waals surface area contributed by atoms with Crippen LogP contribution in [0.5, 0.6) is 0 Å². The summed E-state index contributed by atoms with van der Waals surface area (Å²) in [4.78, 5) is 36.0. The number of benzene rings is 2. The molecule has 0 aliphatic heterocycles. The van der Waals surface area contributed by atoms with E-state index < -0.39 is 39.4 Å². The van der Waals surface area contributed by atoms with Crippen molar-refractivity contribution in [3.63, 3.8) is 0 Å². The lowest BCUT2D eigenvalue weighted by molar-refractivity contribution is -0.384. The van der Waals surface area contributed by atoms with Crippen LogP contribution in [0.2, 0.25) is 0 Å². The minimum absolute atomic E-state index is 0.0762. The average Bonchev–Trinajstić information content (AvgIpc) is 3.37. The molecule has 0 saturated carbocycles. The van der Waals surface area contributed by atoms with Crippen LogP contribution in [-0.2, 0) is 6.18 Å². The third kappa shape index (κ3) is 5.42. The van der Waals surface area contributed by atoms with Crippen molar-refractivity contribution in [2.75, 3.05) is 0 Å². The molecule has 0 aliphatic carbocycles. The van der Waals surface area contributed by atoms with Crippen molar-refractivity contribution in [3.8, 4) is 17.4 Å². The van der Waals surface area contributed by atoms with Gasteiger partial charge in [0.1, 0.15) is 11.6 Å². The van der Waals surface area contributed by atoms with Crippen LogP contribution in [0.4, 0.5) is 18.9 Å². The van der Waals surface area contributed by atoms with E-state index in [2.05, 4.69) is 15.6 Å². The molecule has 2 aromatic carbocycles. The molecule has 196 valence electrons. The van der Waals surface area contributed by atoms with Gasteiger partial charge in [0.2, 0.25) is 0 Å². The highest BCUT2D eigenvalue weighted by atomic mass is 19.4. The molecule has 0 saturated heterocycles. The molecule has 0 unspecified atom stereocenters. The second kappa shape index (κ2) is 10.4. The van der Waals surface area contributed by atoms with Gasteiger partial charge in [0.25, 0.3) is 17.2 Å². The molecule has 2 heterocycles. The first-order valence-electron chi connectivity index (χ1n) is 11.0. The molecule has 4 rings (SSSR count). The number of amides is 1. The fraction of sp³-hybridized carbons (Fsp3) is 0.0800. The van der Waals surface area contributed by atoms with Crippen molar-refractivity contribution < 1.29 is 22.9 Å². The predicted octanol–water partition coefficient (Wildman–Crippen LogP) is 3.89. The number of hydrogen-bond acceptors (Lipinski definition) is 7. The molecule has 0 atom stereocenters. The van der Waals surface area contributed by atoms with Crippen LogP contribution >= 0.6 is 0 Å². The Kier molecular flexibility index (Phi) is 7.08. The van der Waals surface area contributed by atoms with Crippen molar-refractivity contribution in [2.45, 2.75) is 13.1 Å². The van der Waals surface area contributed by atoms with Gasteiger partial charge in [-0.05, 0) is 49.4 Å². The summed E-state index contributed by atoms with van der Waals surface area (Å²) < 4.78 is 41.7. The summed E-state index contributed by atoms with van der Waals surface area (Å²) in [6.45, 7) is 1.31. The van der Waals surface area contributed by atoms with Gasteiger partial charge in [-0.2, -0.15) is 33.3 Å². The number of nitrogens with zero attached hydrogens (tertiary/aromatic N) is 6. The van der Waals surface area contributed by atoms with Gasteiger partial charge in [-0.1, -0.05) is 6.07 Å². The van der Waals surface area contributed by atoms with E-state index in [4.69, 9.17) is 0 Å². The minimum Gasteiger partial charge on any atom is -0.316 e. The van der Waals surface area contributed by atoms with E-state index in [-0.39, 0.29) is 16.9 Å². The van der Waals surface area contributed by atoms with Gasteiger partial charge in [-0.3, -0.25) is 19.7 Å². The van der Waals surface area contributed by atoms with Gasteiger partial charge < -0.3 is 4.57 Å². The van der Waals surface area contributed by atoms with E-state index in [1.165, 1.54) is 43.5 Å². The third-order valence-corrected chi connectivity index (χ3v) is 5.56. The van der Waals surface area contributed by atoms with Gasteiger partial charge in [0, 0.05) is 29.6 Å².